The van der Waals surface area contributed by atoms with Gasteiger partial charge in [-0.2, -0.15) is 5.10 Å². The molecule has 0 spiro atoms. The fraction of sp³-hybridized carbons (Fsp3) is 0.800. The third kappa shape index (κ3) is 3.73. The fourth-order valence-corrected chi connectivity index (χ4v) is 2.96. The van der Waals surface area contributed by atoms with E-state index in [0.29, 0.717) is 6.04 Å². The third-order valence-electron chi connectivity index (χ3n) is 3.99. The monoisotopic (exact) mass is 283 g/mol. The van der Waals surface area contributed by atoms with Crippen LogP contribution in [0.15, 0.2) is 0 Å². The van der Waals surface area contributed by atoms with Gasteiger partial charge in [0.15, 0.2) is 0 Å². The van der Waals surface area contributed by atoms with Crippen LogP contribution in [0.4, 0.5) is 0 Å². The summed E-state index contributed by atoms with van der Waals surface area (Å²) in [5.41, 5.74) is 2.17. The Morgan fingerprint density at radius 1 is 1.42 bits per heavy atom. The van der Waals surface area contributed by atoms with Crippen LogP contribution in [0.1, 0.15) is 50.9 Å². The predicted octanol–water partition coefficient (Wildman–Crippen LogP) is 3.58. The van der Waals surface area contributed by atoms with Gasteiger partial charge >= 0.3 is 0 Å². The first kappa shape index (κ1) is 14.9. The van der Waals surface area contributed by atoms with Gasteiger partial charge in [-0.1, -0.05) is 18.5 Å². The first-order valence-electron chi connectivity index (χ1n) is 7.62. The zero-order valence-corrected chi connectivity index (χ0v) is 13.1. The molecule has 1 heterocycles. The van der Waals surface area contributed by atoms with Crippen LogP contribution in [0.3, 0.4) is 0 Å². The van der Waals surface area contributed by atoms with Gasteiger partial charge in [-0.05, 0) is 58.4 Å². The lowest BCUT2D eigenvalue weighted by atomic mass is 10.0. The Balaban J connectivity index is 1.96. The average molecular weight is 284 g/mol. The summed E-state index contributed by atoms with van der Waals surface area (Å²) in [6.07, 6.45) is 6.19. The van der Waals surface area contributed by atoms with Gasteiger partial charge in [-0.3, -0.25) is 4.68 Å². The highest BCUT2D eigenvalue weighted by atomic mass is 35.5. The molecule has 4 heteroatoms. The van der Waals surface area contributed by atoms with E-state index in [4.69, 9.17) is 11.6 Å². The number of hydrogen-bond donors (Lipinski definition) is 1. The van der Waals surface area contributed by atoms with Gasteiger partial charge in [-0.25, -0.2) is 0 Å². The van der Waals surface area contributed by atoms with Crippen LogP contribution >= 0.6 is 11.6 Å². The Morgan fingerprint density at radius 2 is 2.16 bits per heavy atom. The number of halogens is 1. The predicted molar refractivity (Wildman–Crippen MR) is 80.8 cm³/mol. The number of aromatic nitrogens is 2. The summed E-state index contributed by atoms with van der Waals surface area (Å²) in [7, 11) is 0. The molecule has 2 rings (SSSR count). The Kier molecular flexibility index (Phi) is 5.28. The summed E-state index contributed by atoms with van der Waals surface area (Å²) in [4.78, 5) is 0. The quantitative estimate of drug-likeness (QED) is 0.790. The zero-order chi connectivity index (χ0) is 13.8. The van der Waals surface area contributed by atoms with Gasteiger partial charge in [0.25, 0.3) is 0 Å². The number of rotatable bonds is 8. The van der Waals surface area contributed by atoms with Crippen molar-refractivity contribution < 1.29 is 0 Å². The highest BCUT2D eigenvalue weighted by Crippen LogP contribution is 2.35. The van der Waals surface area contributed by atoms with Crippen molar-refractivity contribution in [2.24, 2.45) is 5.92 Å². The van der Waals surface area contributed by atoms with E-state index in [0.717, 1.165) is 36.1 Å². The Morgan fingerprint density at radius 3 is 2.74 bits per heavy atom. The smallest absolute Gasteiger partial charge is 0.0847 e. The molecule has 1 atom stereocenters. The van der Waals surface area contributed by atoms with Crippen molar-refractivity contribution in [3.63, 3.8) is 0 Å². The van der Waals surface area contributed by atoms with Crippen molar-refractivity contribution in [2.75, 3.05) is 6.54 Å². The maximum Gasteiger partial charge on any atom is 0.0847 e. The van der Waals surface area contributed by atoms with Crippen molar-refractivity contribution >= 4 is 11.6 Å². The first-order valence-corrected chi connectivity index (χ1v) is 8.00. The van der Waals surface area contributed by atoms with Crippen LogP contribution < -0.4 is 5.32 Å². The van der Waals surface area contributed by atoms with Gasteiger partial charge in [0.2, 0.25) is 0 Å². The van der Waals surface area contributed by atoms with E-state index in [2.05, 4.69) is 28.9 Å². The molecule has 1 unspecified atom stereocenters. The maximum absolute atomic E-state index is 6.37. The molecule has 1 saturated carbocycles. The second-order valence-corrected chi connectivity index (χ2v) is 5.98. The van der Waals surface area contributed by atoms with Crippen molar-refractivity contribution in [1.82, 2.24) is 15.1 Å². The summed E-state index contributed by atoms with van der Waals surface area (Å²) in [5.74, 6) is 0.893. The molecule has 1 N–H and O–H groups in total. The molecule has 3 nitrogen and oxygen atoms in total. The fourth-order valence-electron chi connectivity index (χ4n) is 2.73. The molecule has 19 heavy (non-hydrogen) atoms. The van der Waals surface area contributed by atoms with E-state index >= 15 is 0 Å². The minimum absolute atomic E-state index is 0.663. The van der Waals surface area contributed by atoms with Gasteiger partial charge in [0, 0.05) is 12.6 Å². The summed E-state index contributed by atoms with van der Waals surface area (Å²) in [5, 5.41) is 9.05. The molecule has 1 fully saturated rings. The molecular formula is C15H26ClN3. The topological polar surface area (TPSA) is 29.9 Å². The molecule has 0 aromatic carbocycles. The second kappa shape index (κ2) is 6.76. The first-order chi connectivity index (χ1) is 9.17. The van der Waals surface area contributed by atoms with E-state index in [9.17, 15) is 0 Å². The second-order valence-electron chi connectivity index (χ2n) is 5.60. The van der Waals surface area contributed by atoms with Gasteiger partial charge in [-0.15, -0.1) is 0 Å². The molecule has 0 bridgehead atoms. The molecule has 1 aliphatic rings. The minimum atomic E-state index is 0.663. The van der Waals surface area contributed by atoms with E-state index in [1.165, 1.54) is 31.4 Å². The summed E-state index contributed by atoms with van der Waals surface area (Å²) < 4.78 is 2.06. The lowest BCUT2D eigenvalue weighted by Crippen LogP contribution is -2.32. The summed E-state index contributed by atoms with van der Waals surface area (Å²) >= 11 is 6.37. The number of aryl methyl sites for hydroxylation is 2. The van der Waals surface area contributed by atoms with E-state index in [-0.39, 0.29) is 0 Å². The Bertz CT molecular complexity index is 410. The molecule has 0 saturated heterocycles. The SMILES string of the molecule is CCCNC(CCc1c(Cl)c(C)nn1CC)C1CC1. The highest BCUT2D eigenvalue weighted by molar-refractivity contribution is 6.31. The molecule has 1 aromatic heterocycles. The van der Waals surface area contributed by atoms with Crippen LogP contribution in [0, 0.1) is 12.8 Å². The molecule has 108 valence electrons. The van der Waals surface area contributed by atoms with Crippen molar-refractivity contribution in [1.29, 1.82) is 0 Å². The number of hydrogen-bond acceptors (Lipinski definition) is 2. The lowest BCUT2D eigenvalue weighted by Gasteiger charge is -2.18. The zero-order valence-electron chi connectivity index (χ0n) is 12.4. The normalized spacial score (nSPS) is 16.8. The van der Waals surface area contributed by atoms with Crippen LogP contribution in [-0.4, -0.2) is 22.4 Å². The van der Waals surface area contributed by atoms with E-state index in [1.54, 1.807) is 0 Å². The standard InChI is InChI=1S/C15H26ClN3/c1-4-10-17-13(12-6-7-12)8-9-14-15(16)11(3)18-19(14)5-2/h12-13,17H,4-10H2,1-3H3. The van der Waals surface area contributed by atoms with Crippen LogP contribution in [0.2, 0.25) is 5.02 Å². The highest BCUT2D eigenvalue weighted by Gasteiger charge is 2.30. The van der Waals surface area contributed by atoms with Gasteiger partial charge in [0.05, 0.1) is 16.4 Å². The maximum atomic E-state index is 6.37. The van der Waals surface area contributed by atoms with Crippen molar-refractivity contribution in [2.45, 2.75) is 65.5 Å². The molecule has 1 aromatic rings. The van der Waals surface area contributed by atoms with Crippen molar-refractivity contribution in [3.05, 3.63) is 16.4 Å². The van der Waals surface area contributed by atoms with Crippen LogP contribution in [0.25, 0.3) is 0 Å². The van der Waals surface area contributed by atoms with Crippen molar-refractivity contribution in [3.8, 4) is 0 Å². The Labute approximate surface area is 121 Å². The molecule has 0 radical (unpaired) electrons. The van der Waals surface area contributed by atoms with Crippen LogP contribution in [0.5, 0.6) is 0 Å². The Hall–Kier alpha value is -0.540. The number of nitrogens with zero attached hydrogens (tertiary/aromatic N) is 2. The van der Waals surface area contributed by atoms with E-state index < -0.39 is 0 Å². The molecule has 1 aliphatic carbocycles. The molecular weight excluding hydrogens is 258 g/mol. The van der Waals surface area contributed by atoms with Gasteiger partial charge < -0.3 is 5.32 Å². The number of nitrogens with one attached hydrogen (secondary N) is 1. The molecule has 0 amide bonds. The average Bonchev–Trinajstić information content (AvgIpc) is 3.20. The van der Waals surface area contributed by atoms with Gasteiger partial charge in [0.1, 0.15) is 0 Å². The third-order valence-corrected chi connectivity index (χ3v) is 4.48. The summed E-state index contributed by atoms with van der Waals surface area (Å²) in [6.45, 7) is 8.37. The van der Waals surface area contributed by atoms with Crippen LogP contribution in [-0.2, 0) is 13.0 Å². The molecule has 0 aliphatic heterocycles. The minimum Gasteiger partial charge on any atom is -0.314 e. The van der Waals surface area contributed by atoms with E-state index in [1.807, 2.05) is 6.92 Å². The lowest BCUT2D eigenvalue weighted by molar-refractivity contribution is 0.429. The summed E-state index contributed by atoms with van der Waals surface area (Å²) in [6, 6.07) is 0.663. The largest absolute Gasteiger partial charge is 0.314 e.